The quantitative estimate of drug-likeness (QED) is 0.603. The zero-order valence-electron chi connectivity index (χ0n) is 14.3. The minimum Gasteiger partial charge on any atom is -0.322 e. The summed E-state index contributed by atoms with van der Waals surface area (Å²) >= 11 is 11.7. The molecule has 1 aromatic heterocycles. The highest BCUT2D eigenvalue weighted by atomic mass is 35.5. The van der Waals surface area contributed by atoms with Crippen molar-refractivity contribution in [3.63, 3.8) is 0 Å². The molecule has 146 valence electrons. The van der Waals surface area contributed by atoms with Crippen LogP contribution in [0.3, 0.4) is 0 Å². The van der Waals surface area contributed by atoms with Crippen LogP contribution < -0.4 is 11.5 Å². The van der Waals surface area contributed by atoms with Crippen LogP contribution in [0.5, 0.6) is 0 Å². The van der Waals surface area contributed by atoms with Crippen LogP contribution in [0.4, 0.5) is 13.2 Å². The third-order valence-electron chi connectivity index (χ3n) is 4.24. The van der Waals surface area contributed by atoms with Crippen molar-refractivity contribution in [2.24, 2.45) is 11.5 Å². The van der Waals surface area contributed by atoms with E-state index in [0.29, 0.717) is 22.0 Å². The summed E-state index contributed by atoms with van der Waals surface area (Å²) < 4.78 is 38.6. The molecule has 3 aromatic rings. The van der Waals surface area contributed by atoms with Crippen LogP contribution >= 0.6 is 23.2 Å². The monoisotopic (exact) mass is 426 g/mol. The van der Waals surface area contributed by atoms with Crippen molar-refractivity contribution in [1.82, 2.24) is 9.97 Å². The molecule has 1 heterocycles. The SMILES string of the molecule is NC(c1ccc(Cl)cc1)C(N)c1cc(-c2ccc(C(F)(F)F)c(Cl)c2)ncn1. The van der Waals surface area contributed by atoms with Gasteiger partial charge >= 0.3 is 6.18 Å². The molecule has 0 aliphatic carbocycles. The van der Waals surface area contributed by atoms with Gasteiger partial charge in [-0.2, -0.15) is 13.2 Å². The number of alkyl halides is 3. The summed E-state index contributed by atoms with van der Waals surface area (Å²) in [5.41, 5.74) is 13.6. The first-order valence-electron chi connectivity index (χ1n) is 8.12. The molecule has 2 unspecified atom stereocenters. The Hall–Kier alpha value is -2.19. The molecule has 2 aromatic carbocycles. The topological polar surface area (TPSA) is 77.8 Å². The molecular weight excluding hydrogens is 412 g/mol. The number of hydrogen-bond donors (Lipinski definition) is 2. The molecule has 0 aliphatic heterocycles. The lowest BCUT2D eigenvalue weighted by molar-refractivity contribution is -0.137. The van der Waals surface area contributed by atoms with Gasteiger partial charge in [-0.25, -0.2) is 9.97 Å². The van der Waals surface area contributed by atoms with Gasteiger partial charge in [0.15, 0.2) is 0 Å². The first-order valence-corrected chi connectivity index (χ1v) is 8.88. The lowest BCUT2D eigenvalue weighted by atomic mass is 9.97. The summed E-state index contributed by atoms with van der Waals surface area (Å²) in [6.07, 6.45) is -3.25. The molecule has 0 radical (unpaired) electrons. The standard InChI is InChI=1S/C19H15Cl2F3N4/c20-12-4-1-10(2-5-12)17(25)18(26)16-8-15(27-9-28-16)11-3-6-13(14(21)7-11)19(22,23)24/h1-9,17-18H,25-26H2. The highest BCUT2D eigenvalue weighted by molar-refractivity contribution is 6.31. The first-order chi connectivity index (χ1) is 13.2. The molecule has 0 fully saturated rings. The Morgan fingerprint density at radius 3 is 2.14 bits per heavy atom. The van der Waals surface area contributed by atoms with Crippen LogP contribution in [0, 0.1) is 0 Å². The van der Waals surface area contributed by atoms with E-state index < -0.39 is 28.8 Å². The molecule has 4 N–H and O–H groups in total. The van der Waals surface area contributed by atoms with Gasteiger partial charge in [-0.05, 0) is 35.9 Å². The third-order valence-corrected chi connectivity index (χ3v) is 4.81. The second-order valence-corrected chi connectivity index (χ2v) is 6.97. The maximum atomic E-state index is 12.9. The number of aromatic nitrogens is 2. The summed E-state index contributed by atoms with van der Waals surface area (Å²) in [7, 11) is 0. The Bertz CT molecular complexity index is 978. The van der Waals surface area contributed by atoms with E-state index in [2.05, 4.69) is 9.97 Å². The van der Waals surface area contributed by atoms with E-state index in [0.717, 1.165) is 11.6 Å². The normalized spacial score (nSPS) is 14.0. The van der Waals surface area contributed by atoms with Crippen LogP contribution in [-0.2, 0) is 6.18 Å². The van der Waals surface area contributed by atoms with Crippen molar-refractivity contribution in [1.29, 1.82) is 0 Å². The Morgan fingerprint density at radius 1 is 0.857 bits per heavy atom. The number of rotatable bonds is 4. The lowest BCUT2D eigenvalue weighted by Gasteiger charge is -2.20. The molecule has 3 rings (SSSR count). The molecule has 9 heteroatoms. The van der Waals surface area contributed by atoms with E-state index in [9.17, 15) is 13.2 Å². The van der Waals surface area contributed by atoms with Crippen molar-refractivity contribution < 1.29 is 13.2 Å². The van der Waals surface area contributed by atoms with Gasteiger partial charge in [0.05, 0.1) is 34.1 Å². The summed E-state index contributed by atoms with van der Waals surface area (Å²) in [5.74, 6) is 0. The largest absolute Gasteiger partial charge is 0.417 e. The van der Waals surface area contributed by atoms with Crippen molar-refractivity contribution in [3.05, 3.63) is 81.7 Å². The minimum absolute atomic E-state index is 0.388. The van der Waals surface area contributed by atoms with Crippen LogP contribution in [0.2, 0.25) is 10.0 Å². The van der Waals surface area contributed by atoms with E-state index in [1.54, 1.807) is 30.3 Å². The first kappa shape index (κ1) is 20.5. The number of halogens is 5. The van der Waals surface area contributed by atoms with Crippen molar-refractivity contribution in [3.8, 4) is 11.3 Å². The van der Waals surface area contributed by atoms with Crippen LogP contribution in [0.1, 0.15) is 28.9 Å². The zero-order valence-corrected chi connectivity index (χ0v) is 15.8. The fourth-order valence-corrected chi connectivity index (χ4v) is 3.11. The molecule has 0 spiro atoms. The Labute approximate surface area is 169 Å². The molecule has 0 bridgehead atoms. The molecule has 28 heavy (non-hydrogen) atoms. The van der Waals surface area contributed by atoms with Crippen LogP contribution in [-0.4, -0.2) is 9.97 Å². The predicted molar refractivity (Wildman–Crippen MR) is 103 cm³/mol. The summed E-state index contributed by atoms with van der Waals surface area (Å²) in [4.78, 5) is 8.26. The maximum Gasteiger partial charge on any atom is 0.417 e. The number of benzene rings is 2. The third kappa shape index (κ3) is 4.44. The van der Waals surface area contributed by atoms with Gasteiger partial charge in [0.25, 0.3) is 0 Å². The number of nitrogens with two attached hydrogens (primary N) is 2. The predicted octanol–water partition coefficient (Wildman–Crippen LogP) is 5.17. The van der Waals surface area contributed by atoms with Crippen molar-refractivity contribution in [2.45, 2.75) is 18.3 Å². The number of nitrogens with zero attached hydrogens (tertiary/aromatic N) is 2. The second-order valence-electron chi connectivity index (χ2n) is 6.12. The summed E-state index contributed by atoms with van der Waals surface area (Å²) in [5, 5.41) is 0.167. The summed E-state index contributed by atoms with van der Waals surface area (Å²) in [6, 6.07) is 10.7. The Balaban J connectivity index is 1.90. The second kappa shape index (κ2) is 8.05. The average Bonchev–Trinajstić information content (AvgIpc) is 2.66. The molecule has 0 saturated heterocycles. The highest BCUT2D eigenvalue weighted by Gasteiger charge is 2.33. The van der Waals surface area contributed by atoms with Gasteiger partial charge in [-0.3, -0.25) is 0 Å². The van der Waals surface area contributed by atoms with Gasteiger partial charge in [-0.15, -0.1) is 0 Å². The van der Waals surface area contributed by atoms with E-state index >= 15 is 0 Å². The molecule has 4 nitrogen and oxygen atoms in total. The van der Waals surface area contributed by atoms with Crippen LogP contribution in [0.15, 0.2) is 54.9 Å². The van der Waals surface area contributed by atoms with E-state index in [1.807, 2.05) is 0 Å². The summed E-state index contributed by atoms with van der Waals surface area (Å²) in [6.45, 7) is 0. The number of hydrogen-bond acceptors (Lipinski definition) is 4. The van der Waals surface area contributed by atoms with Gasteiger partial charge in [-0.1, -0.05) is 41.4 Å². The van der Waals surface area contributed by atoms with E-state index in [-0.39, 0.29) is 0 Å². The lowest BCUT2D eigenvalue weighted by Crippen LogP contribution is -2.27. The van der Waals surface area contributed by atoms with Crippen LogP contribution in [0.25, 0.3) is 11.3 Å². The molecular formula is C19H15Cl2F3N4. The zero-order chi connectivity index (χ0) is 20.5. The molecule has 2 atom stereocenters. The molecule has 0 aliphatic rings. The minimum atomic E-state index is -4.53. The van der Waals surface area contributed by atoms with Crippen molar-refractivity contribution in [2.75, 3.05) is 0 Å². The van der Waals surface area contributed by atoms with Gasteiger partial charge in [0.2, 0.25) is 0 Å². The average molecular weight is 427 g/mol. The van der Waals surface area contributed by atoms with E-state index in [1.165, 1.54) is 18.5 Å². The van der Waals surface area contributed by atoms with Gasteiger partial charge in [0.1, 0.15) is 6.33 Å². The van der Waals surface area contributed by atoms with Gasteiger partial charge in [0, 0.05) is 10.6 Å². The molecule has 0 amide bonds. The maximum absolute atomic E-state index is 12.9. The smallest absolute Gasteiger partial charge is 0.322 e. The van der Waals surface area contributed by atoms with E-state index in [4.69, 9.17) is 34.7 Å². The highest BCUT2D eigenvalue weighted by Crippen LogP contribution is 2.36. The Kier molecular flexibility index (Phi) is 5.90. The molecule has 0 saturated carbocycles. The van der Waals surface area contributed by atoms with Crippen molar-refractivity contribution >= 4 is 23.2 Å². The Morgan fingerprint density at radius 2 is 1.54 bits per heavy atom. The van der Waals surface area contributed by atoms with Gasteiger partial charge < -0.3 is 11.5 Å². The fourth-order valence-electron chi connectivity index (χ4n) is 2.69. The fraction of sp³-hybridized carbons (Fsp3) is 0.158.